The molecule has 2 atom stereocenters. The highest BCUT2D eigenvalue weighted by molar-refractivity contribution is 8.00. The number of nitrogens with one attached hydrogen (secondary N) is 1. The maximum atomic E-state index is 13.3. The van der Waals surface area contributed by atoms with Crippen molar-refractivity contribution in [2.75, 3.05) is 25.1 Å². The molecule has 5 rings (SSSR count). The van der Waals surface area contributed by atoms with Gasteiger partial charge in [-0.1, -0.05) is 6.07 Å². The van der Waals surface area contributed by atoms with E-state index in [9.17, 15) is 9.59 Å². The van der Waals surface area contributed by atoms with Crippen molar-refractivity contribution in [3.63, 3.8) is 0 Å². The number of ether oxygens (including phenoxy) is 2. The first kappa shape index (κ1) is 18.4. The molecule has 2 aromatic rings. The van der Waals surface area contributed by atoms with Crippen LogP contribution >= 0.6 is 11.8 Å². The molecule has 1 saturated heterocycles. The van der Waals surface area contributed by atoms with Gasteiger partial charge in [-0.25, -0.2) is 0 Å². The molecule has 0 radical (unpaired) electrons. The Balaban J connectivity index is 1.41. The molecule has 3 heterocycles. The first-order chi connectivity index (χ1) is 14.1. The summed E-state index contributed by atoms with van der Waals surface area (Å²) in [7, 11) is 0. The van der Waals surface area contributed by atoms with Crippen LogP contribution in [-0.4, -0.2) is 41.7 Å². The van der Waals surface area contributed by atoms with Gasteiger partial charge in [0.25, 0.3) is 5.91 Å². The Morgan fingerprint density at radius 1 is 1.14 bits per heavy atom. The number of benzene rings is 2. The van der Waals surface area contributed by atoms with Gasteiger partial charge in [-0.2, -0.15) is 0 Å². The zero-order valence-electron chi connectivity index (χ0n) is 16.1. The second kappa shape index (κ2) is 7.30. The van der Waals surface area contributed by atoms with Gasteiger partial charge in [-0.05, 0) is 55.7 Å². The van der Waals surface area contributed by atoms with Crippen molar-refractivity contribution in [2.45, 2.75) is 36.0 Å². The Morgan fingerprint density at radius 2 is 1.97 bits per heavy atom. The molecular weight excluding hydrogens is 388 g/mol. The van der Waals surface area contributed by atoms with Gasteiger partial charge < -0.3 is 19.7 Å². The maximum absolute atomic E-state index is 13.3. The van der Waals surface area contributed by atoms with Gasteiger partial charge >= 0.3 is 0 Å². The van der Waals surface area contributed by atoms with Gasteiger partial charge in [0.1, 0.15) is 13.2 Å². The van der Waals surface area contributed by atoms with E-state index in [1.165, 1.54) is 11.8 Å². The number of carbonyl (C=O) groups is 2. The molecule has 150 valence electrons. The summed E-state index contributed by atoms with van der Waals surface area (Å²) in [5.74, 6) is 1.47. The van der Waals surface area contributed by atoms with Crippen molar-refractivity contribution < 1.29 is 19.1 Å². The summed E-state index contributed by atoms with van der Waals surface area (Å²) >= 11 is 1.52. The number of hydrogen-bond donors (Lipinski definition) is 1. The number of likely N-dealkylation sites (tertiary alicyclic amines) is 1. The van der Waals surface area contributed by atoms with Crippen LogP contribution in [-0.2, 0) is 4.79 Å². The molecule has 0 aromatic heterocycles. The van der Waals surface area contributed by atoms with E-state index in [1.807, 2.05) is 42.2 Å². The fourth-order valence-corrected chi connectivity index (χ4v) is 5.06. The predicted octanol–water partition coefficient (Wildman–Crippen LogP) is 3.87. The van der Waals surface area contributed by atoms with Crippen molar-refractivity contribution in [3.8, 4) is 11.5 Å². The molecule has 0 spiro atoms. The summed E-state index contributed by atoms with van der Waals surface area (Å²) in [6.07, 6.45) is 1.88. The van der Waals surface area contributed by atoms with Crippen LogP contribution in [0.15, 0.2) is 41.3 Å². The van der Waals surface area contributed by atoms with E-state index in [0.29, 0.717) is 25.3 Å². The van der Waals surface area contributed by atoms with Crippen molar-refractivity contribution in [3.05, 3.63) is 47.5 Å². The molecule has 1 N–H and O–H groups in total. The van der Waals surface area contributed by atoms with Crippen molar-refractivity contribution in [2.24, 2.45) is 0 Å². The number of carbonyl (C=O) groups excluding carboxylic acids is 2. The second-order valence-corrected chi connectivity index (χ2v) is 8.90. The number of rotatable bonds is 2. The van der Waals surface area contributed by atoms with E-state index in [1.54, 1.807) is 6.07 Å². The second-order valence-electron chi connectivity index (χ2n) is 7.52. The molecule has 0 bridgehead atoms. The summed E-state index contributed by atoms with van der Waals surface area (Å²) in [6, 6.07) is 11.5. The molecule has 0 aliphatic carbocycles. The predicted molar refractivity (Wildman–Crippen MR) is 111 cm³/mol. The molecule has 1 fully saturated rings. The zero-order chi connectivity index (χ0) is 20.0. The van der Waals surface area contributed by atoms with E-state index in [2.05, 4.69) is 5.32 Å². The molecule has 6 nitrogen and oxygen atoms in total. The van der Waals surface area contributed by atoms with Crippen LogP contribution in [0.25, 0.3) is 0 Å². The van der Waals surface area contributed by atoms with E-state index in [0.717, 1.165) is 40.5 Å². The lowest BCUT2D eigenvalue weighted by atomic mass is 10.0. The van der Waals surface area contributed by atoms with Gasteiger partial charge in [0.15, 0.2) is 11.5 Å². The minimum absolute atomic E-state index is 0.0111. The largest absolute Gasteiger partial charge is 0.486 e. The van der Waals surface area contributed by atoms with Crippen LogP contribution < -0.4 is 14.8 Å². The number of thioether (sulfide) groups is 1. The minimum atomic E-state index is -0.123. The Hall–Kier alpha value is -2.67. The topological polar surface area (TPSA) is 67.9 Å². The van der Waals surface area contributed by atoms with Gasteiger partial charge in [0, 0.05) is 17.0 Å². The van der Waals surface area contributed by atoms with E-state index in [4.69, 9.17) is 9.47 Å². The number of amides is 2. The standard InChI is InChI=1S/C22H22N2O4S/c1-13-21(25)23-16-11-15(5-7-20(16)29-13)22(26)24-8-2-3-17(24)14-4-6-18-19(12-14)28-10-9-27-18/h4-7,11-13,17H,2-3,8-10H2,1H3,(H,23,25)/t13-,17+/m1/s1. The van der Waals surface area contributed by atoms with E-state index >= 15 is 0 Å². The lowest BCUT2D eigenvalue weighted by molar-refractivity contribution is -0.115. The fraction of sp³-hybridized carbons (Fsp3) is 0.364. The zero-order valence-corrected chi connectivity index (χ0v) is 17.0. The van der Waals surface area contributed by atoms with Crippen LogP contribution in [0, 0.1) is 0 Å². The summed E-state index contributed by atoms with van der Waals surface area (Å²) < 4.78 is 11.3. The third kappa shape index (κ3) is 3.33. The van der Waals surface area contributed by atoms with Crippen LogP contribution in [0.2, 0.25) is 0 Å². The minimum Gasteiger partial charge on any atom is -0.486 e. The van der Waals surface area contributed by atoms with Gasteiger partial charge in [-0.15, -0.1) is 11.8 Å². The quantitative estimate of drug-likeness (QED) is 0.814. The smallest absolute Gasteiger partial charge is 0.254 e. The molecule has 2 aromatic carbocycles. The number of nitrogens with zero attached hydrogens (tertiary/aromatic N) is 1. The van der Waals surface area contributed by atoms with Crippen molar-refractivity contribution in [1.29, 1.82) is 0 Å². The Bertz CT molecular complexity index is 993. The summed E-state index contributed by atoms with van der Waals surface area (Å²) in [5.41, 5.74) is 2.39. The van der Waals surface area contributed by atoms with Gasteiger partial charge in [0.2, 0.25) is 5.91 Å². The van der Waals surface area contributed by atoms with Gasteiger partial charge in [-0.3, -0.25) is 9.59 Å². The fourth-order valence-electron chi connectivity index (χ4n) is 4.13. The molecule has 0 unspecified atom stereocenters. The lowest BCUT2D eigenvalue weighted by Crippen LogP contribution is -2.31. The Kier molecular flexibility index (Phi) is 4.62. The number of anilines is 1. The SMILES string of the molecule is C[C@H]1Sc2ccc(C(=O)N3CCC[C@H]3c3ccc4c(c3)OCCO4)cc2NC1=O. The number of hydrogen-bond acceptors (Lipinski definition) is 5. The Morgan fingerprint density at radius 3 is 2.83 bits per heavy atom. The van der Waals surface area contributed by atoms with Crippen LogP contribution in [0.4, 0.5) is 5.69 Å². The highest BCUT2D eigenvalue weighted by Crippen LogP contribution is 2.40. The van der Waals surface area contributed by atoms with Crippen molar-refractivity contribution >= 4 is 29.3 Å². The molecule has 3 aliphatic rings. The number of fused-ring (bicyclic) bond motifs is 2. The molecular formula is C22H22N2O4S. The first-order valence-electron chi connectivity index (χ1n) is 9.92. The highest BCUT2D eigenvalue weighted by Gasteiger charge is 2.32. The monoisotopic (exact) mass is 410 g/mol. The third-order valence-corrected chi connectivity index (χ3v) is 6.80. The van der Waals surface area contributed by atoms with Crippen molar-refractivity contribution in [1.82, 2.24) is 4.90 Å². The first-order valence-corrected chi connectivity index (χ1v) is 10.8. The Labute approximate surface area is 173 Å². The van der Waals surface area contributed by atoms with E-state index in [-0.39, 0.29) is 23.1 Å². The average Bonchev–Trinajstić information content (AvgIpc) is 3.23. The van der Waals surface area contributed by atoms with Crippen LogP contribution in [0.1, 0.15) is 41.7 Å². The van der Waals surface area contributed by atoms with Gasteiger partial charge in [0.05, 0.1) is 17.0 Å². The molecule has 29 heavy (non-hydrogen) atoms. The molecule has 2 amide bonds. The molecule has 0 saturated carbocycles. The third-order valence-electron chi connectivity index (χ3n) is 5.62. The van der Waals surface area contributed by atoms with E-state index < -0.39 is 0 Å². The maximum Gasteiger partial charge on any atom is 0.254 e. The summed E-state index contributed by atoms with van der Waals surface area (Å²) in [6.45, 7) is 3.70. The normalized spacial score (nSPS) is 22.8. The van der Waals surface area contributed by atoms with Crippen LogP contribution in [0.3, 0.4) is 0 Å². The average molecular weight is 410 g/mol. The lowest BCUT2D eigenvalue weighted by Gasteiger charge is -2.27. The van der Waals surface area contributed by atoms with Crippen LogP contribution in [0.5, 0.6) is 11.5 Å². The highest BCUT2D eigenvalue weighted by atomic mass is 32.2. The summed E-state index contributed by atoms with van der Waals surface area (Å²) in [4.78, 5) is 28.2. The summed E-state index contributed by atoms with van der Waals surface area (Å²) in [5, 5.41) is 2.79. The molecule has 3 aliphatic heterocycles. The molecule has 7 heteroatoms.